The summed E-state index contributed by atoms with van der Waals surface area (Å²) in [6, 6.07) is 53.7. The van der Waals surface area contributed by atoms with Crippen LogP contribution >= 0.6 is 0 Å². The Morgan fingerprint density at radius 2 is 0.760 bits per heavy atom. The van der Waals surface area contributed by atoms with Gasteiger partial charge in [-0.2, -0.15) is 0 Å². The first kappa shape index (κ1) is 23.0. The molecule has 0 saturated heterocycles. The molecule has 0 N–H and O–H groups in total. The fraction of sp³-hybridized carbons (Fsp3) is 0.0204. The largest absolute Gasteiger partial charge is 0.310 e. The minimum absolute atomic E-state index is 0.105. The van der Waals surface area contributed by atoms with E-state index in [2.05, 4.69) is 146 Å². The lowest BCUT2D eigenvalue weighted by Gasteiger charge is -2.31. The van der Waals surface area contributed by atoms with Crippen molar-refractivity contribution in [1.29, 1.82) is 0 Å². The molecule has 0 bridgehead atoms. The topological polar surface area (TPSA) is 3.24 Å². The summed E-state index contributed by atoms with van der Waals surface area (Å²) in [5.74, 6) is 0. The van der Waals surface area contributed by atoms with Crippen molar-refractivity contribution in [1.82, 2.24) is 0 Å². The van der Waals surface area contributed by atoms with Gasteiger partial charge < -0.3 is 4.90 Å². The van der Waals surface area contributed by atoms with Crippen molar-refractivity contribution in [2.24, 2.45) is 0 Å². The van der Waals surface area contributed by atoms with Crippen molar-refractivity contribution in [3.05, 3.63) is 210 Å². The minimum Gasteiger partial charge on any atom is -0.310 e. The van der Waals surface area contributed by atoms with E-state index in [4.69, 9.17) is 4.11 Å². The molecule has 0 radical (unpaired) electrons. The second kappa shape index (κ2) is 10.3. The molecular formula is C49H31N. The summed E-state index contributed by atoms with van der Waals surface area (Å²) in [4.78, 5) is 1.86. The van der Waals surface area contributed by atoms with Crippen LogP contribution < -0.4 is 4.90 Å². The van der Waals surface area contributed by atoms with Gasteiger partial charge in [0, 0.05) is 17.1 Å². The van der Waals surface area contributed by atoms with Gasteiger partial charge in [0.05, 0.1) is 12.3 Å². The fourth-order valence-corrected chi connectivity index (χ4v) is 9.02. The van der Waals surface area contributed by atoms with E-state index in [-0.39, 0.29) is 29.9 Å². The van der Waals surface area contributed by atoms with E-state index in [9.17, 15) is 2.74 Å². The molecule has 0 unspecified atom stereocenters. The molecule has 0 aliphatic heterocycles. The maximum absolute atomic E-state index is 9.22. The quantitative estimate of drug-likeness (QED) is 0.174. The first-order chi connectivity index (χ1) is 26.9. The van der Waals surface area contributed by atoms with E-state index in [1.807, 2.05) is 17.0 Å². The van der Waals surface area contributed by atoms with Gasteiger partial charge in [0.2, 0.25) is 0 Å². The van der Waals surface area contributed by atoms with Crippen molar-refractivity contribution < 1.29 is 6.85 Å². The van der Waals surface area contributed by atoms with Gasteiger partial charge in [0.25, 0.3) is 0 Å². The Balaban J connectivity index is 1.22. The van der Waals surface area contributed by atoms with Crippen molar-refractivity contribution >= 4 is 49.4 Å². The van der Waals surface area contributed by atoms with Crippen molar-refractivity contribution in [2.45, 2.75) is 5.41 Å². The third-order valence-corrected chi connectivity index (χ3v) is 10.9. The van der Waals surface area contributed by atoms with Gasteiger partial charge in [0.15, 0.2) is 0 Å². The number of fused-ring (bicyclic) bond motifs is 16. The van der Waals surface area contributed by atoms with Gasteiger partial charge >= 0.3 is 0 Å². The molecule has 2 aliphatic carbocycles. The van der Waals surface area contributed by atoms with Crippen LogP contribution in [0.3, 0.4) is 0 Å². The highest BCUT2D eigenvalue weighted by molar-refractivity contribution is 6.25. The number of nitrogens with zero attached hydrogens (tertiary/aromatic N) is 1. The van der Waals surface area contributed by atoms with E-state index < -0.39 is 11.5 Å². The van der Waals surface area contributed by atoms with Crippen LogP contribution in [0.5, 0.6) is 0 Å². The highest BCUT2D eigenvalue weighted by atomic mass is 15.1. The highest BCUT2D eigenvalue weighted by Gasteiger charge is 2.51. The summed E-state index contributed by atoms with van der Waals surface area (Å²) in [7, 11) is 0. The molecule has 0 amide bonds. The van der Waals surface area contributed by atoms with Crippen LogP contribution in [0.2, 0.25) is 0 Å². The first-order valence-electron chi connectivity index (χ1n) is 19.5. The highest BCUT2D eigenvalue weighted by Crippen LogP contribution is 2.63. The predicted molar refractivity (Wildman–Crippen MR) is 210 cm³/mol. The zero-order valence-corrected chi connectivity index (χ0v) is 27.0. The Morgan fingerprint density at radius 3 is 1.34 bits per heavy atom. The maximum Gasteiger partial charge on any atom is 0.0725 e. The average molecular weight is 639 g/mol. The molecule has 0 aromatic heterocycles. The molecular weight excluding hydrogens is 603 g/mol. The molecule has 0 atom stereocenters. The van der Waals surface area contributed by atoms with Crippen molar-refractivity contribution in [2.75, 3.05) is 4.90 Å². The summed E-state index contributed by atoms with van der Waals surface area (Å²) < 4.78 is 44.3. The van der Waals surface area contributed by atoms with Crippen LogP contribution in [0.1, 0.15) is 29.1 Å². The van der Waals surface area contributed by atoms with Gasteiger partial charge in [-0.15, -0.1) is 0 Å². The summed E-state index contributed by atoms with van der Waals surface area (Å²) in [5, 5.41) is 6.63. The monoisotopic (exact) mass is 638 g/mol. The molecule has 0 saturated carbocycles. The van der Waals surface area contributed by atoms with E-state index in [1.165, 1.54) is 33.2 Å². The van der Waals surface area contributed by atoms with Crippen molar-refractivity contribution in [3.63, 3.8) is 0 Å². The number of hydrogen-bond acceptors (Lipinski definition) is 1. The summed E-state index contributed by atoms with van der Waals surface area (Å²) in [5.41, 5.74) is 10.4. The van der Waals surface area contributed by atoms with Gasteiger partial charge in [-0.05, 0) is 113 Å². The van der Waals surface area contributed by atoms with Crippen LogP contribution in [-0.2, 0) is 5.41 Å². The Kier molecular flexibility index (Phi) is 4.73. The predicted octanol–water partition coefficient (Wildman–Crippen LogP) is 13.0. The third kappa shape index (κ3) is 3.56. The zero-order valence-electron chi connectivity index (χ0n) is 32.0. The summed E-state index contributed by atoms with van der Waals surface area (Å²) >= 11 is 0. The van der Waals surface area contributed by atoms with E-state index in [0.29, 0.717) is 11.4 Å². The third-order valence-electron chi connectivity index (χ3n) is 10.9. The second-order valence-electron chi connectivity index (χ2n) is 13.2. The van der Waals surface area contributed by atoms with E-state index in [0.717, 1.165) is 43.6 Å². The lowest BCUT2D eigenvalue weighted by atomic mass is 9.70. The van der Waals surface area contributed by atoms with E-state index in [1.54, 1.807) is 0 Å². The Bertz CT molecular complexity index is 3020. The lowest BCUT2D eigenvalue weighted by molar-refractivity contribution is 0.794. The molecule has 0 heterocycles. The molecule has 1 heteroatoms. The molecule has 2 aliphatic rings. The fourth-order valence-electron chi connectivity index (χ4n) is 9.02. The van der Waals surface area contributed by atoms with E-state index >= 15 is 0 Å². The smallest absolute Gasteiger partial charge is 0.0725 e. The Morgan fingerprint density at radius 1 is 0.340 bits per heavy atom. The molecule has 1 spiro atoms. The molecule has 50 heavy (non-hydrogen) atoms. The van der Waals surface area contributed by atoms with Crippen LogP contribution in [0.25, 0.3) is 54.6 Å². The van der Waals surface area contributed by atoms with Crippen LogP contribution in [-0.4, -0.2) is 0 Å². The summed E-state index contributed by atoms with van der Waals surface area (Å²) in [6.07, 6.45) is 0. The van der Waals surface area contributed by atoms with Gasteiger partial charge in [-0.3, -0.25) is 0 Å². The molecule has 0 fully saturated rings. The summed E-state index contributed by atoms with van der Waals surface area (Å²) in [6.45, 7) is 0. The standard InChI is InChI=1S/C49H31N/c1-2-14-32(15-3-1)50(33-26-28-39-37-18-5-4-16-35(37)36-17-6-7-19-38(36)43(39)30-33)34-27-29-48-44(31-34)42-22-10-13-25-47(42)49(48)45-23-11-8-20-40(45)41-21-9-12-24-46(41)49/h1-31H/i1D,2D,3D,14D,15D. The second-order valence-corrected chi connectivity index (χ2v) is 13.2. The number of para-hydroxylation sites is 1. The Hall–Kier alpha value is -6.44. The molecule has 11 rings (SSSR count). The van der Waals surface area contributed by atoms with Crippen LogP contribution in [0, 0.1) is 0 Å². The Labute approximate surface area is 298 Å². The minimum atomic E-state index is -0.526. The molecule has 9 aromatic rings. The number of rotatable bonds is 3. The normalized spacial score (nSPS) is 14.8. The van der Waals surface area contributed by atoms with Crippen LogP contribution in [0.4, 0.5) is 17.1 Å². The lowest BCUT2D eigenvalue weighted by Crippen LogP contribution is -2.25. The molecule has 9 aromatic carbocycles. The average Bonchev–Trinajstić information content (AvgIpc) is 3.71. The number of benzene rings is 9. The molecule has 232 valence electrons. The number of hydrogen-bond donors (Lipinski definition) is 0. The molecule has 1 nitrogen and oxygen atoms in total. The van der Waals surface area contributed by atoms with Gasteiger partial charge in [-0.1, -0.05) is 152 Å². The van der Waals surface area contributed by atoms with Crippen molar-refractivity contribution in [3.8, 4) is 22.3 Å². The first-order valence-corrected chi connectivity index (χ1v) is 17.0. The van der Waals surface area contributed by atoms with Gasteiger partial charge in [0.1, 0.15) is 0 Å². The zero-order chi connectivity index (χ0) is 37.2. The SMILES string of the molecule is [2H]c1c([2H])c([2H])c(N(c2ccc3c(c2)-c2ccccc2C32c3ccccc3-c3ccccc32)c2ccc3c4ccccc4c4ccccc4c3c2)c([2H])c1[2H]. The number of anilines is 3. The van der Waals surface area contributed by atoms with Gasteiger partial charge in [-0.25, -0.2) is 0 Å². The maximum atomic E-state index is 9.22. The van der Waals surface area contributed by atoms with Crippen LogP contribution in [0.15, 0.2) is 188 Å².